The maximum absolute atomic E-state index is 13.6. The molecule has 196 valence electrons. The van der Waals surface area contributed by atoms with Gasteiger partial charge in [-0.3, -0.25) is 9.59 Å². The Kier molecular flexibility index (Phi) is 11.0. The molecule has 1 amide bonds. The average molecular weight is 503 g/mol. The number of rotatable bonds is 15. The largest absolute Gasteiger partial charge is 0.489 e. The van der Waals surface area contributed by atoms with Gasteiger partial charge in [0.15, 0.2) is 5.75 Å². The van der Waals surface area contributed by atoms with Crippen molar-refractivity contribution < 1.29 is 14.3 Å². The molecule has 1 heterocycles. The number of pyridine rings is 1. The zero-order valence-corrected chi connectivity index (χ0v) is 22.0. The molecule has 6 nitrogen and oxygen atoms in total. The Labute approximate surface area is 219 Å². The molecule has 0 bridgehead atoms. The number of aryl methyl sites for hydroxylation is 1. The van der Waals surface area contributed by atoms with Crippen molar-refractivity contribution in [3.05, 3.63) is 83.2 Å². The van der Waals surface area contributed by atoms with Crippen LogP contribution in [0.25, 0.3) is 17.0 Å². The summed E-state index contributed by atoms with van der Waals surface area (Å²) in [7, 11) is 0. The number of nitrogens with one attached hydrogen (secondary N) is 1. The number of amides is 1. The summed E-state index contributed by atoms with van der Waals surface area (Å²) in [5.41, 5.74) is 2.03. The SMILES string of the molecule is C=CCOc1c(OCCCC)c2ccc(NC(=O)C=Cc3ccccc3)cc2n(CCCCCC)c1=O. The van der Waals surface area contributed by atoms with Crippen LogP contribution in [0.3, 0.4) is 0 Å². The zero-order chi connectivity index (χ0) is 26.5. The molecule has 0 saturated heterocycles. The predicted octanol–water partition coefficient (Wildman–Crippen LogP) is 6.98. The molecule has 0 saturated carbocycles. The standard InChI is InChI=1S/C31H38N2O4/c1-4-7-9-13-20-33-27-23-25(32-28(34)19-16-24-14-11-10-12-15-24)17-18-26(27)29(37-22-8-5-2)30(31(33)35)36-21-6-3/h6,10-12,14-19,23H,3-5,7-9,13,20-22H2,1-2H3,(H,32,34). The van der Waals surface area contributed by atoms with Gasteiger partial charge in [-0.15, -0.1) is 0 Å². The summed E-state index contributed by atoms with van der Waals surface area (Å²) in [5, 5.41) is 3.70. The van der Waals surface area contributed by atoms with Crippen molar-refractivity contribution in [2.75, 3.05) is 18.5 Å². The number of nitrogens with zero attached hydrogens (tertiary/aromatic N) is 1. The van der Waals surface area contributed by atoms with Crippen LogP contribution in [-0.2, 0) is 11.3 Å². The van der Waals surface area contributed by atoms with Gasteiger partial charge < -0.3 is 19.4 Å². The number of benzene rings is 2. The molecular formula is C31H38N2O4. The fourth-order valence-corrected chi connectivity index (χ4v) is 4.05. The third-order valence-corrected chi connectivity index (χ3v) is 6.00. The second-order valence-corrected chi connectivity index (χ2v) is 8.94. The average Bonchev–Trinajstić information content (AvgIpc) is 2.91. The highest BCUT2D eigenvalue weighted by Crippen LogP contribution is 2.35. The van der Waals surface area contributed by atoms with Crippen LogP contribution in [-0.4, -0.2) is 23.7 Å². The fraction of sp³-hybridized carbons (Fsp3) is 0.355. The summed E-state index contributed by atoms with van der Waals surface area (Å²) in [6.07, 6.45) is 10.9. The topological polar surface area (TPSA) is 69.6 Å². The summed E-state index contributed by atoms with van der Waals surface area (Å²) in [5.74, 6) is 0.411. The van der Waals surface area contributed by atoms with Crippen molar-refractivity contribution >= 4 is 28.6 Å². The van der Waals surface area contributed by atoms with E-state index in [0.717, 1.165) is 49.5 Å². The van der Waals surface area contributed by atoms with Crippen LogP contribution in [0.1, 0.15) is 57.9 Å². The van der Waals surface area contributed by atoms with Gasteiger partial charge in [0.05, 0.1) is 12.1 Å². The maximum atomic E-state index is 13.6. The number of unbranched alkanes of at least 4 members (excludes halogenated alkanes) is 4. The van der Waals surface area contributed by atoms with Crippen molar-refractivity contribution in [3.8, 4) is 11.5 Å². The minimum absolute atomic E-state index is 0.210. The maximum Gasteiger partial charge on any atom is 0.297 e. The Balaban J connectivity index is 2.01. The minimum Gasteiger partial charge on any atom is -0.489 e. The molecule has 0 aliphatic rings. The van der Waals surface area contributed by atoms with Gasteiger partial charge in [-0.1, -0.05) is 82.5 Å². The van der Waals surface area contributed by atoms with Crippen LogP contribution in [0, 0.1) is 0 Å². The quantitative estimate of drug-likeness (QED) is 0.138. The van der Waals surface area contributed by atoms with Gasteiger partial charge in [0.2, 0.25) is 11.7 Å². The van der Waals surface area contributed by atoms with Crippen LogP contribution >= 0.6 is 0 Å². The first-order valence-corrected chi connectivity index (χ1v) is 13.2. The predicted molar refractivity (Wildman–Crippen MR) is 153 cm³/mol. The molecule has 0 fully saturated rings. The van der Waals surface area contributed by atoms with E-state index in [0.29, 0.717) is 30.1 Å². The number of hydrogen-bond acceptors (Lipinski definition) is 4. The van der Waals surface area contributed by atoms with Crippen LogP contribution < -0.4 is 20.3 Å². The van der Waals surface area contributed by atoms with Gasteiger partial charge in [-0.05, 0) is 42.7 Å². The Bertz CT molecular complexity index is 1260. The van der Waals surface area contributed by atoms with E-state index in [9.17, 15) is 9.59 Å². The second kappa shape index (κ2) is 14.7. The fourth-order valence-electron chi connectivity index (χ4n) is 4.05. The zero-order valence-electron chi connectivity index (χ0n) is 22.0. The van der Waals surface area contributed by atoms with Crippen molar-refractivity contribution in [1.82, 2.24) is 4.57 Å². The van der Waals surface area contributed by atoms with Crippen molar-refractivity contribution in [3.63, 3.8) is 0 Å². The van der Waals surface area contributed by atoms with Gasteiger partial charge in [-0.25, -0.2) is 0 Å². The molecule has 0 atom stereocenters. The smallest absolute Gasteiger partial charge is 0.297 e. The highest BCUT2D eigenvalue weighted by molar-refractivity contribution is 6.03. The first kappa shape index (κ1) is 27.8. The molecule has 2 aromatic carbocycles. The van der Waals surface area contributed by atoms with Gasteiger partial charge >= 0.3 is 0 Å². The van der Waals surface area contributed by atoms with E-state index in [2.05, 4.69) is 25.7 Å². The first-order chi connectivity index (χ1) is 18.1. The van der Waals surface area contributed by atoms with E-state index in [1.54, 1.807) is 16.7 Å². The number of hydrogen-bond donors (Lipinski definition) is 1. The lowest BCUT2D eigenvalue weighted by molar-refractivity contribution is -0.111. The number of ether oxygens (including phenoxy) is 2. The molecular weight excluding hydrogens is 464 g/mol. The van der Waals surface area contributed by atoms with E-state index < -0.39 is 0 Å². The van der Waals surface area contributed by atoms with Gasteiger partial charge in [0.25, 0.3) is 5.56 Å². The molecule has 6 heteroatoms. The molecule has 3 rings (SSSR count). The van der Waals surface area contributed by atoms with Gasteiger partial charge in [0, 0.05) is 23.7 Å². The molecule has 0 spiro atoms. The molecule has 0 radical (unpaired) electrons. The highest BCUT2D eigenvalue weighted by Gasteiger charge is 2.20. The van der Waals surface area contributed by atoms with Crippen LogP contribution in [0.15, 0.2) is 72.1 Å². The van der Waals surface area contributed by atoms with Gasteiger partial charge in [-0.2, -0.15) is 0 Å². The Hall–Kier alpha value is -3.80. The Morgan fingerprint density at radius 3 is 2.49 bits per heavy atom. The molecule has 0 aliphatic heterocycles. The Morgan fingerprint density at radius 2 is 1.76 bits per heavy atom. The van der Waals surface area contributed by atoms with E-state index in [4.69, 9.17) is 9.47 Å². The third kappa shape index (κ3) is 7.84. The summed E-state index contributed by atoms with van der Waals surface area (Å²) >= 11 is 0. The summed E-state index contributed by atoms with van der Waals surface area (Å²) < 4.78 is 13.7. The summed E-state index contributed by atoms with van der Waals surface area (Å²) in [6, 6.07) is 15.2. The lowest BCUT2D eigenvalue weighted by Gasteiger charge is -2.19. The normalized spacial score (nSPS) is 11.1. The number of carbonyl (C=O) groups is 1. The van der Waals surface area contributed by atoms with Crippen LogP contribution in [0.2, 0.25) is 0 Å². The molecule has 0 aliphatic carbocycles. The minimum atomic E-state index is -0.245. The number of anilines is 1. The molecule has 37 heavy (non-hydrogen) atoms. The lowest BCUT2D eigenvalue weighted by Crippen LogP contribution is -2.24. The van der Waals surface area contributed by atoms with Crippen molar-refractivity contribution in [1.29, 1.82) is 0 Å². The third-order valence-electron chi connectivity index (χ3n) is 6.00. The monoisotopic (exact) mass is 502 g/mol. The van der Waals surface area contributed by atoms with E-state index >= 15 is 0 Å². The highest BCUT2D eigenvalue weighted by atomic mass is 16.5. The first-order valence-electron chi connectivity index (χ1n) is 13.2. The number of carbonyl (C=O) groups excluding carboxylic acids is 1. The summed E-state index contributed by atoms with van der Waals surface area (Å²) in [6.45, 7) is 9.22. The Morgan fingerprint density at radius 1 is 0.973 bits per heavy atom. The summed E-state index contributed by atoms with van der Waals surface area (Å²) in [4.78, 5) is 26.2. The lowest BCUT2D eigenvalue weighted by atomic mass is 10.1. The second-order valence-electron chi connectivity index (χ2n) is 8.94. The van der Waals surface area contributed by atoms with Gasteiger partial charge in [0.1, 0.15) is 6.61 Å². The van der Waals surface area contributed by atoms with Crippen LogP contribution in [0.5, 0.6) is 11.5 Å². The van der Waals surface area contributed by atoms with E-state index in [1.807, 2.05) is 48.5 Å². The molecule has 0 unspecified atom stereocenters. The number of fused-ring (bicyclic) bond motifs is 1. The van der Waals surface area contributed by atoms with Crippen molar-refractivity contribution in [2.24, 2.45) is 0 Å². The van der Waals surface area contributed by atoms with E-state index in [1.165, 1.54) is 6.08 Å². The number of aromatic nitrogens is 1. The molecule has 1 N–H and O–H groups in total. The molecule has 1 aromatic heterocycles. The van der Waals surface area contributed by atoms with E-state index in [-0.39, 0.29) is 23.8 Å². The van der Waals surface area contributed by atoms with Crippen molar-refractivity contribution in [2.45, 2.75) is 58.9 Å². The van der Waals surface area contributed by atoms with Crippen LogP contribution in [0.4, 0.5) is 5.69 Å². The molecule has 3 aromatic rings.